The van der Waals surface area contributed by atoms with E-state index in [4.69, 9.17) is 4.74 Å². The first-order chi connectivity index (χ1) is 12.7. The molecule has 3 amide bonds. The van der Waals surface area contributed by atoms with Crippen LogP contribution in [0.5, 0.6) is 5.75 Å². The van der Waals surface area contributed by atoms with Crippen molar-refractivity contribution in [2.45, 2.75) is 38.6 Å². The van der Waals surface area contributed by atoms with Crippen LogP contribution >= 0.6 is 0 Å². The Bertz CT molecular complexity index is 693. The number of carbonyl (C=O) groups excluding carboxylic acids is 2. The Balaban J connectivity index is 1.45. The number of fused-ring (bicyclic) bond motifs is 4. The van der Waals surface area contributed by atoms with Crippen LogP contribution in [0.2, 0.25) is 0 Å². The molecule has 3 heterocycles. The summed E-state index contributed by atoms with van der Waals surface area (Å²) in [5, 5.41) is 3.02. The molecule has 0 aliphatic carbocycles. The van der Waals surface area contributed by atoms with Crippen molar-refractivity contribution in [3.05, 3.63) is 24.3 Å². The van der Waals surface area contributed by atoms with E-state index >= 15 is 0 Å². The molecule has 2 bridgehead atoms. The predicted octanol–water partition coefficient (Wildman–Crippen LogP) is 2.95. The van der Waals surface area contributed by atoms with Gasteiger partial charge in [-0.1, -0.05) is 12.1 Å². The van der Waals surface area contributed by atoms with Crippen molar-refractivity contribution < 1.29 is 14.3 Å². The Morgan fingerprint density at radius 3 is 2.96 bits per heavy atom. The maximum atomic E-state index is 12.9. The molecule has 3 aliphatic heterocycles. The molecule has 6 nitrogen and oxygen atoms in total. The van der Waals surface area contributed by atoms with E-state index in [0.29, 0.717) is 48.2 Å². The van der Waals surface area contributed by atoms with Crippen molar-refractivity contribution in [1.82, 2.24) is 9.80 Å². The number of hydrogen-bond acceptors (Lipinski definition) is 3. The van der Waals surface area contributed by atoms with Gasteiger partial charge in [-0.2, -0.15) is 0 Å². The van der Waals surface area contributed by atoms with Crippen LogP contribution in [0.25, 0.3) is 0 Å². The molecule has 1 aromatic rings. The number of nitrogens with zero attached hydrogens (tertiary/aromatic N) is 2. The van der Waals surface area contributed by atoms with Gasteiger partial charge >= 0.3 is 6.03 Å². The third-order valence-corrected chi connectivity index (χ3v) is 5.90. The topological polar surface area (TPSA) is 61.9 Å². The van der Waals surface area contributed by atoms with Crippen LogP contribution in [0.3, 0.4) is 0 Å². The minimum Gasteiger partial charge on any atom is -0.492 e. The summed E-state index contributed by atoms with van der Waals surface area (Å²) in [7, 11) is 0. The third kappa shape index (κ3) is 3.24. The van der Waals surface area contributed by atoms with E-state index in [9.17, 15) is 9.59 Å². The zero-order chi connectivity index (χ0) is 18.1. The third-order valence-electron chi connectivity index (χ3n) is 5.90. The van der Waals surface area contributed by atoms with Crippen LogP contribution in [0.15, 0.2) is 24.3 Å². The van der Waals surface area contributed by atoms with E-state index in [2.05, 4.69) is 10.2 Å². The smallest absolute Gasteiger partial charge is 0.321 e. The maximum Gasteiger partial charge on any atom is 0.321 e. The Labute approximate surface area is 154 Å². The Hall–Kier alpha value is -2.24. The number of ether oxygens (including phenoxy) is 1. The molecule has 0 saturated carbocycles. The summed E-state index contributed by atoms with van der Waals surface area (Å²) in [5.41, 5.74) is 0.713. The summed E-state index contributed by atoms with van der Waals surface area (Å²) in [6.07, 6.45) is 3.88. The van der Waals surface area contributed by atoms with E-state index in [1.807, 2.05) is 36.1 Å². The molecule has 1 aromatic carbocycles. The predicted molar refractivity (Wildman–Crippen MR) is 99.2 cm³/mol. The molecular formula is C20H27N3O3. The minimum atomic E-state index is -0.0672. The molecule has 3 atom stereocenters. The van der Waals surface area contributed by atoms with Crippen LogP contribution in [0, 0.1) is 11.8 Å². The number of para-hydroxylation sites is 2. The van der Waals surface area contributed by atoms with E-state index in [0.717, 1.165) is 38.9 Å². The zero-order valence-electron chi connectivity index (χ0n) is 15.3. The lowest BCUT2D eigenvalue weighted by molar-refractivity contribution is -0.144. The Morgan fingerprint density at radius 1 is 1.27 bits per heavy atom. The molecule has 3 aliphatic rings. The van der Waals surface area contributed by atoms with Gasteiger partial charge in [0.25, 0.3) is 0 Å². The fraction of sp³-hybridized carbons (Fsp3) is 0.600. The highest BCUT2D eigenvalue weighted by Crippen LogP contribution is 2.38. The monoisotopic (exact) mass is 357 g/mol. The quantitative estimate of drug-likeness (QED) is 0.905. The van der Waals surface area contributed by atoms with Gasteiger partial charge in [-0.25, -0.2) is 4.79 Å². The first kappa shape index (κ1) is 17.2. The first-order valence-electron chi connectivity index (χ1n) is 9.73. The number of likely N-dealkylation sites (tertiary alicyclic amines) is 1. The van der Waals surface area contributed by atoms with Crippen molar-refractivity contribution >= 4 is 17.6 Å². The van der Waals surface area contributed by atoms with E-state index in [-0.39, 0.29) is 6.03 Å². The van der Waals surface area contributed by atoms with E-state index in [1.165, 1.54) is 0 Å². The molecule has 0 aromatic heterocycles. The number of piperidine rings is 3. The standard InChI is InChI=1S/C20H27N3O3/c1-2-26-18-8-4-3-6-16(18)21-20(25)22-11-14-10-15(13-22)17-7-5-9-19(24)23(17)12-14/h3-4,6,8,14-15,17H,2,5,7,9-13H2,1H3,(H,21,25)/t14?,15?,17-/m1/s1. The highest BCUT2D eigenvalue weighted by molar-refractivity contribution is 5.91. The number of hydrogen-bond donors (Lipinski definition) is 1. The second-order valence-corrected chi connectivity index (χ2v) is 7.63. The molecule has 2 unspecified atom stereocenters. The number of urea groups is 1. The molecule has 3 saturated heterocycles. The van der Waals surface area contributed by atoms with Gasteiger partial charge in [0, 0.05) is 32.1 Å². The van der Waals surface area contributed by atoms with Gasteiger partial charge in [-0.3, -0.25) is 4.79 Å². The minimum absolute atomic E-state index is 0.0672. The lowest BCUT2D eigenvalue weighted by Gasteiger charge is -2.52. The number of nitrogens with one attached hydrogen (secondary N) is 1. The first-order valence-corrected chi connectivity index (χ1v) is 9.73. The van der Waals surface area contributed by atoms with Crippen LogP contribution in [0.4, 0.5) is 10.5 Å². The highest BCUT2D eigenvalue weighted by Gasteiger charge is 2.44. The highest BCUT2D eigenvalue weighted by atomic mass is 16.5. The van der Waals surface area contributed by atoms with Crippen molar-refractivity contribution in [3.8, 4) is 5.75 Å². The molecule has 6 heteroatoms. The Morgan fingerprint density at radius 2 is 2.12 bits per heavy atom. The molecule has 4 rings (SSSR count). The fourth-order valence-corrected chi connectivity index (χ4v) is 4.82. The van der Waals surface area contributed by atoms with Gasteiger partial charge in [0.05, 0.1) is 12.3 Å². The second-order valence-electron chi connectivity index (χ2n) is 7.63. The summed E-state index contributed by atoms with van der Waals surface area (Å²) >= 11 is 0. The van der Waals surface area contributed by atoms with Gasteiger partial charge in [0.15, 0.2) is 0 Å². The fourth-order valence-electron chi connectivity index (χ4n) is 4.82. The van der Waals surface area contributed by atoms with Crippen LogP contribution in [-0.4, -0.2) is 54.0 Å². The summed E-state index contributed by atoms with van der Waals surface area (Å²) in [4.78, 5) is 29.1. The number of carbonyl (C=O) groups is 2. The number of anilines is 1. The number of amides is 3. The largest absolute Gasteiger partial charge is 0.492 e. The average Bonchev–Trinajstić information content (AvgIpc) is 2.64. The summed E-state index contributed by atoms with van der Waals surface area (Å²) in [6, 6.07) is 7.79. The van der Waals surface area contributed by atoms with Gasteiger partial charge in [-0.15, -0.1) is 0 Å². The summed E-state index contributed by atoms with van der Waals surface area (Å²) < 4.78 is 5.60. The van der Waals surface area contributed by atoms with Crippen LogP contribution in [0.1, 0.15) is 32.6 Å². The molecule has 0 radical (unpaired) electrons. The molecular weight excluding hydrogens is 330 g/mol. The number of rotatable bonds is 3. The van der Waals surface area contributed by atoms with Crippen LogP contribution < -0.4 is 10.1 Å². The summed E-state index contributed by atoms with van der Waals surface area (Å²) in [6.45, 7) is 4.75. The molecule has 3 fully saturated rings. The number of benzene rings is 1. The molecule has 140 valence electrons. The van der Waals surface area contributed by atoms with E-state index in [1.54, 1.807) is 0 Å². The van der Waals surface area contributed by atoms with Gasteiger partial charge in [0.2, 0.25) is 5.91 Å². The van der Waals surface area contributed by atoms with Crippen molar-refractivity contribution in [1.29, 1.82) is 0 Å². The molecule has 0 spiro atoms. The van der Waals surface area contributed by atoms with Gasteiger partial charge in [0.1, 0.15) is 5.75 Å². The zero-order valence-corrected chi connectivity index (χ0v) is 15.3. The van der Waals surface area contributed by atoms with E-state index < -0.39 is 0 Å². The average molecular weight is 357 g/mol. The van der Waals surface area contributed by atoms with Crippen molar-refractivity contribution in [3.63, 3.8) is 0 Å². The Kier molecular flexibility index (Phi) is 4.74. The maximum absolute atomic E-state index is 12.9. The van der Waals surface area contributed by atoms with Gasteiger partial charge in [-0.05, 0) is 50.2 Å². The molecule has 1 N–H and O–H groups in total. The van der Waals surface area contributed by atoms with Crippen molar-refractivity contribution in [2.75, 3.05) is 31.6 Å². The lowest BCUT2D eigenvalue weighted by Crippen LogP contribution is -2.61. The normalized spacial score (nSPS) is 27.7. The second kappa shape index (κ2) is 7.17. The van der Waals surface area contributed by atoms with Crippen LogP contribution in [-0.2, 0) is 4.79 Å². The molecule has 26 heavy (non-hydrogen) atoms. The van der Waals surface area contributed by atoms with Crippen molar-refractivity contribution in [2.24, 2.45) is 11.8 Å². The SMILES string of the molecule is CCOc1ccccc1NC(=O)N1CC2CC(C1)[C@H]1CCCC(=O)N1C2. The lowest BCUT2D eigenvalue weighted by atomic mass is 9.76. The van der Waals surface area contributed by atoms with Gasteiger partial charge < -0.3 is 19.9 Å². The summed E-state index contributed by atoms with van der Waals surface area (Å²) in [5.74, 6) is 1.80.